The molecular formula is C24H25Cl2NO2. The van der Waals surface area contributed by atoms with Gasteiger partial charge in [-0.3, -0.25) is 0 Å². The molecule has 0 heterocycles. The van der Waals surface area contributed by atoms with Gasteiger partial charge in [0.25, 0.3) is 0 Å². The zero-order valence-electron chi connectivity index (χ0n) is 16.7. The van der Waals surface area contributed by atoms with E-state index in [9.17, 15) is 0 Å². The van der Waals surface area contributed by atoms with E-state index < -0.39 is 0 Å². The Morgan fingerprint density at radius 3 is 2.41 bits per heavy atom. The summed E-state index contributed by atoms with van der Waals surface area (Å²) in [7, 11) is 1.63. The largest absolute Gasteiger partial charge is 0.493 e. The number of aryl methyl sites for hydroxylation is 1. The third-order valence-corrected chi connectivity index (χ3v) is 5.29. The number of hydrogen-bond acceptors (Lipinski definition) is 3. The molecule has 0 radical (unpaired) electrons. The zero-order chi connectivity index (χ0) is 20.6. The van der Waals surface area contributed by atoms with Crippen LogP contribution in [0.1, 0.15) is 22.3 Å². The Labute approximate surface area is 182 Å². The van der Waals surface area contributed by atoms with Crippen LogP contribution in [-0.2, 0) is 19.6 Å². The van der Waals surface area contributed by atoms with Gasteiger partial charge in [-0.1, -0.05) is 59.6 Å². The second-order valence-corrected chi connectivity index (χ2v) is 7.72. The first kappa shape index (κ1) is 21.5. The Morgan fingerprint density at radius 2 is 1.69 bits per heavy atom. The van der Waals surface area contributed by atoms with E-state index in [4.69, 9.17) is 32.7 Å². The highest BCUT2D eigenvalue weighted by molar-refractivity contribution is 6.32. The van der Waals surface area contributed by atoms with Crippen molar-refractivity contribution in [2.75, 3.05) is 13.7 Å². The van der Waals surface area contributed by atoms with Crippen LogP contribution in [0.15, 0.2) is 60.7 Å². The fourth-order valence-corrected chi connectivity index (χ4v) is 3.47. The molecule has 0 aliphatic carbocycles. The monoisotopic (exact) mass is 429 g/mol. The molecule has 0 atom stereocenters. The van der Waals surface area contributed by atoms with Crippen LogP contribution in [0, 0.1) is 6.92 Å². The van der Waals surface area contributed by atoms with Crippen LogP contribution in [0.4, 0.5) is 0 Å². The Hall–Kier alpha value is -2.20. The number of nitrogens with one attached hydrogen (secondary N) is 1. The first-order chi connectivity index (χ1) is 14.1. The lowest BCUT2D eigenvalue weighted by Gasteiger charge is -2.15. The van der Waals surface area contributed by atoms with Gasteiger partial charge in [0.2, 0.25) is 0 Å². The molecule has 3 rings (SSSR count). The fraction of sp³-hybridized carbons (Fsp3) is 0.250. The quantitative estimate of drug-likeness (QED) is 0.409. The van der Waals surface area contributed by atoms with Gasteiger partial charge in [-0.15, -0.1) is 0 Å². The molecule has 3 nitrogen and oxygen atoms in total. The highest BCUT2D eigenvalue weighted by Gasteiger charge is 2.13. The minimum absolute atomic E-state index is 0.446. The summed E-state index contributed by atoms with van der Waals surface area (Å²) in [5.41, 5.74) is 4.60. The Balaban J connectivity index is 1.58. The number of halogens is 2. The topological polar surface area (TPSA) is 30.5 Å². The maximum absolute atomic E-state index is 6.50. The van der Waals surface area contributed by atoms with Crippen molar-refractivity contribution in [1.29, 1.82) is 0 Å². The van der Waals surface area contributed by atoms with Gasteiger partial charge in [-0.05, 0) is 66.4 Å². The lowest BCUT2D eigenvalue weighted by atomic mass is 10.1. The van der Waals surface area contributed by atoms with Gasteiger partial charge in [-0.25, -0.2) is 0 Å². The molecule has 1 N–H and O–H groups in total. The highest BCUT2D eigenvalue weighted by atomic mass is 35.5. The van der Waals surface area contributed by atoms with Crippen LogP contribution in [0.5, 0.6) is 11.5 Å². The molecule has 0 aromatic heterocycles. The van der Waals surface area contributed by atoms with Crippen molar-refractivity contribution < 1.29 is 9.47 Å². The third-order valence-electron chi connectivity index (χ3n) is 4.76. The Kier molecular flexibility index (Phi) is 7.82. The molecule has 0 saturated carbocycles. The second kappa shape index (κ2) is 10.5. The van der Waals surface area contributed by atoms with E-state index in [1.54, 1.807) is 7.11 Å². The van der Waals surface area contributed by atoms with E-state index in [1.165, 1.54) is 11.1 Å². The van der Waals surface area contributed by atoms with Crippen LogP contribution in [-0.4, -0.2) is 13.7 Å². The van der Waals surface area contributed by atoms with Crippen molar-refractivity contribution in [3.8, 4) is 11.5 Å². The lowest BCUT2D eigenvalue weighted by molar-refractivity contribution is 0.284. The Morgan fingerprint density at radius 1 is 0.931 bits per heavy atom. The molecule has 3 aromatic carbocycles. The van der Waals surface area contributed by atoms with Crippen molar-refractivity contribution in [2.24, 2.45) is 0 Å². The van der Waals surface area contributed by atoms with E-state index in [0.29, 0.717) is 29.7 Å². The van der Waals surface area contributed by atoms with E-state index in [0.717, 1.165) is 29.1 Å². The van der Waals surface area contributed by atoms with E-state index >= 15 is 0 Å². The standard InChI is InChI=1S/C24H25Cl2NO2/c1-17-5-3-4-6-20(17)16-29-24-22(26)13-19(14-23(24)28-2)15-27-12-11-18-7-9-21(25)10-8-18/h3-10,13-14,27H,11-12,15-16H2,1-2H3. The van der Waals surface area contributed by atoms with Crippen LogP contribution >= 0.6 is 23.2 Å². The van der Waals surface area contributed by atoms with Gasteiger partial charge in [0, 0.05) is 11.6 Å². The first-order valence-corrected chi connectivity index (χ1v) is 10.3. The molecule has 5 heteroatoms. The average molecular weight is 430 g/mol. The van der Waals surface area contributed by atoms with Crippen molar-refractivity contribution in [1.82, 2.24) is 5.32 Å². The van der Waals surface area contributed by atoms with Crippen molar-refractivity contribution in [2.45, 2.75) is 26.5 Å². The van der Waals surface area contributed by atoms with Crippen LogP contribution in [0.2, 0.25) is 10.0 Å². The summed E-state index contributed by atoms with van der Waals surface area (Å²) in [6.07, 6.45) is 0.930. The molecule has 0 spiro atoms. The predicted molar refractivity (Wildman–Crippen MR) is 120 cm³/mol. The van der Waals surface area contributed by atoms with Crippen LogP contribution < -0.4 is 14.8 Å². The normalized spacial score (nSPS) is 10.8. The fourth-order valence-electron chi connectivity index (χ4n) is 3.05. The average Bonchev–Trinajstić information content (AvgIpc) is 2.72. The molecular weight excluding hydrogens is 405 g/mol. The SMILES string of the molecule is COc1cc(CNCCc2ccc(Cl)cc2)cc(Cl)c1OCc1ccccc1C. The number of rotatable bonds is 9. The second-order valence-electron chi connectivity index (χ2n) is 6.88. The van der Waals surface area contributed by atoms with Gasteiger partial charge in [0.1, 0.15) is 6.61 Å². The smallest absolute Gasteiger partial charge is 0.180 e. The summed E-state index contributed by atoms with van der Waals surface area (Å²) >= 11 is 12.4. The van der Waals surface area contributed by atoms with Crippen LogP contribution in [0.3, 0.4) is 0 Å². The first-order valence-electron chi connectivity index (χ1n) is 9.55. The molecule has 0 unspecified atom stereocenters. The molecule has 29 heavy (non-hydrogen) atoms. The number of ether oxygens (including phenoxy) is 2. The van der Waals surface area contributed by atoms with Gasteiger partial charge in [0.05, 0.1) is 12.1 Å². The highest BCUT2D eigenvalue weighted by Crippen LogP contribution is 2.37. The Bertz CT molecular complexity index is 942. The maximum Gasteiger partial charge on any atom is 0.180 e. The molecule has 0 aliphatic heterocycles. The summed E-state index contributed by atoms with van der Waals surface area (Å²) in [5, 5.41) is 4.75. The van der Waals surface area contributed by atoms with Crippen molar-refractivity contribution in [3.05, 3.63) is 93.0 Å². The minimum atomic E-state index is 0.446. The third kappa shape index (κ3) is 6.14. The molecule has 0 aliphatic rings. The van der Waals surface area contributed by atoms with E-state index in [-0.39, 0.29) is 0 Å². The summed E-state index contributed by atoms with van der Waals surface area (Å²) in [6.45, 7) is 4.06. The maximum atomic E-state index is 6.50. The molecule has 152 valence electrons. The number of methoxy groups -OCH3 is 1. The van der Waals surface area contributed by atoms with Gasteiger partial charge in [0.15, 0.2) is 11.5 Å². The molecule has 0 amide bonds. The summed E-state index contributed by atoms with van der Waals surface area (Å²) in [6, 6.07) is 19.9. The van der Waals surface area contributed by atoms with Crippen LogP contribution in [0.25, 0.3) is 0 Å². The molecule has 3 aromatic rings. The lowest BCUT2D eigenvalue weighted by Crippen LogP contribution is -2.16. The molecule has 0 bridgehead atoms. The predicted octanol–water partition coefficient (Wildman–Crippen LogP) is 6.22. The number of hydrogen-bond donors (Lipinski definition) is 1. The van der Waals surface area contributed by atoms with Gasteiger partial charge >= 0.3 is 0 Å². The van der Waals surface area contributed by atoms with E-state index in [1.807, 2.05) is 48.5 Å². The minimum Gasteiger partial charge on any atom is -0.493 e. The summed E-state index contributed by atoms with van der Waals surface area (Å²) in [4.78, 5) is 0. The summed E-state index contributed by atoms with van der Waals surface area (Å²) < 4.78 is 11.5. The van der Waals surface area contributed by atoms with Gasteiger partial charge in [-0.2, -0.15) is 0 Å². The summed E-state index contributed by atoms with van der Waals surface area (Å²) in [5.74, 6) is 1.21. The molecule has 0 fully saturated rings. The van der Waals surface area contributed by atoms with Crippen molar-refractivity contribution >= 4 is 23.2 Å². The molecule has 0 saturated heterocycles. The van der Waals surface area contributed by atoms with Gasteiger partial charge < -0.3 is 14.8 Å². The van der Waals surface area contributed by atoms with E-state index in [2.05, 4.69) is 24.4 Å². The van der Waals surface area contributed by atoms with Crippen molar-refractivity contribution in [3.63, 3.8) is 0 Å². The number of benzene rings is 3. The zero-order valence-corrected chi connectivity index (χ0v) is 18.2.